The Morgan fingerprint density at radius 1 is 1.26 bits per heavy atom. The summed E-state index contributed by atoms with van der Waals surface area (Å²) in [5.41, 5.74) is 5.63. The summed E-state index contributed by atoms with van der Waals surface area (Å²) < 4.78 is 2.15. The van der Waals surface area contributed by atoms with Gasteiger partial charge in [0.1, 0.15) is 5.82 Å². The van der Waals surface area contributed by atoms with Crippen LogP contribution in [-0.2, 0) is 6.42 Å². The zero-order valence-electron chi connectivity index (χ0n) is 13.8. The first kappa shape index (κ1) is 14.2. The van der Waals surface area contributed by atoms with Gasteiger partial charge in [0.25, 0.3) is 5.56 Å². The quantitative estimate of drug-likeness (QED) is 0.558. The normalized spacial score (nSPS) is 13.9. The average Bonchev–Trinajstić information content (AvgIpc) is 2.91. The van der Waals surface area contributed by atoms with Gasteiger partial charge in [0.15, 0.2) is 0 Å². The van der Waals surface area contributed by atoms with Gasteiger partial charge in [0.2, 0.25) is 0 Å². The van der Waals surface area contributed by atoms with E-state index in [0.29, 0.717) is 5.92 Å². The third kappa shape index (κ3) is 2.03. The molecule has 116 valence electrons. The largest absolute Gasteiger partial charge is 0.297 e. The van der Waals surface area contributed by atoms with Crippen LogP contribution in [-0.4, -0.2) is 9.55 Å². The van der Waals surface area contributed by atoms with Gasteiger partial charge >= 0.3 is 0 Å². The van der Waals surface area contributed by atoms with Crippen molar-refractivity contribution in [2.45, 2.75) is 39.5 Å². The lowest BCUT2D eigenvalue weighted by Gasteiger charge is -2.13. The third-order valence-electron chi connectivity index (χ3n) is 5.07. The number of benzene rings is 2. The van der Waals surface area contributed by atoms with Crippen molar-refractivity contribution >= 4 is 10.9 Å². The van der Waals surface area contributed by atoms with Gasteiger partial charge in [-0.15, -0.1) is 0 Å². The molecule has 3 nitrogen and oxygen atoms in total. The Bertz CT molecular complexity index is 985. The number of rotatable bonds is 2. The lowest BCUT2D eigenvalue weighted by Crippen LogP contribution is -2.15. The molecule has 1 aliphatic rings. The van der Waals surface area contributed by atoms with Gasteiger partial charge in [0.05, 0.1) is 16.6 Å². The standard InChI is InChI=1S/C20H20N2O/c1-4-12(2)14-8-9-16-15(10-14)11-18-21-20(23)19-13(3)6-5-7-17(19)22(16)18/h5-10,12H,4,11H2,1-3H3. The molecule has 0 spiro atoms. The molecule has 1 atom stereocenters. The fourth-order valence-corrected chi connectivity index (χ4v) is 3.54. The van der Waals surface area contributed by atoms with Crippen LogP contribution in [0.5, 0.6) is 0 Å². The number of fused-ring (bicyclic) bond motifs is 5. The summed E-state index contributed by atoms with van der Waals surface area (Å²) in [6.07, 6.45) is 1.86. The van der Waals surface area contributed by atoms with Crippen molar-refractivity contribution in [2.24, 2.45) is 0 Å². The van der Waals surface area contributed by atoms with Crippen LogP contribution in [0, 0.1) is 6.92 Å². The van der Waals surface area contributed by atoms with Crippen LogP contribution in [0.15, 0.2) is 41.2 Å². The lowest BCUT2D eigenvalue weighted by atomic mass is 9.96. The van der Waals surface area contributed by atoms with Gasteiger partial charge in [-0.3, -0.25) is 9.36 Å². The Morgan fingerprint density at radius 2 is 2.09 bits per heavy atom. The molecule has 0 saturated carbocycles. The fourth-order valence-electron chi connectivity index (χ4n) is 3.54. The Kier molecular flexibility index (Phi) is 3.12. The van der Waals surface area contributed by atoms with Crippen molar-refractivity contribution in [2.75, 3.05) is 0 Å². The Balaban J connectivity index is 2.00. The highest BCUT2D eigenvalue weighted by atomic mass is 16.1. The Hall–Kier alpha value is -2.42. The van der Waals surface area contributed by atoms with Crippen molar-refractivity contribution in [1.29, 1.82) is 0 Å². The van der Waals surface area contributed by atoms with E-state index >= 15 is 0 Å². The van der Waals surface area contributed by atoms with Crippen LogP contribution < -0.4 is 5.56 Å². The zero-order valence-corrected chi connectivity index (χ0v) is 13.8. The molecule has 1 aromatic heterocycles. The topological polar surface area (TPSA) is 34.9 Å². The van der Waals surface area contributed by atoms with E-state index in [1.807, 2.05) is 25.1 Å². The number of aryl methyl sites for hydroxylation is 1. The predicted octanol–water partition coefficient (Wildman–Crippen LogP) is 4.11. The second-order valence-electron chi connectivity index (χ2n) is 6.51. The molecule has 1 aliphatic heterocycles. The molecule has 4 rings (SSSR count). The molecule has 3 heteroatoms. The molecule has 0 fully saturated rings. The van der Waals surface area contributed by atoms with E-state index in [1.54, 1.807) is 0 Å². The van der Waals surface area contributed by atoms with Gasteiger partial charge in [-0.2, -0.15) is 4.98 Å². The van der Waals surface area contributed by atoms with E-state index in [0.717, 1.165) is 40.8 Å². The van der Waals surface area contributed by atoms with E-state index in [4.69, 9.17) is 0 Å². The molecular weight excluding hydrogens is 284 g/mol. The average molecular weight is 304 g/mol. The molecule has 0 N–H and O–H groups in total. The Labute approximate surface area is 135 Å². The maximum Gasteiger partial charge on any atom is 0.281 e. The predicted molar refractivity (Wildman–Crippen MR) is 93.6 cm³/mol. The highest BCUT2D eigenvalue weighted by molar-refractivity contribution is 5.84. The first-order valence-corrected chi connectivity index (χ1v) is 8.24. The van der Waals surface area contributed by atoms with Crippen molar-refractivity contribution in [1.82, 2.24) is 9.55 Å². The summed E-state index contributed by atoms with van der Waals surface area (Å²) in [5, 5.41) is 0.732. The summed E-state index contributed by atoms with van der Waals surface area (Å²) in [5.74, 6) is 1.40. The minimum atomic E-state index is -0.112. The van der Waals surface area contributed by atoms with Crippen LogP contribution in [0.1, 0.15) is 48.7 Å². The summed E-state index contributed by atoms with van der Waals surface area (Å²) in [7, 11) is 0. The van der Waals surface area contributed by atoms with Gasteiger partial charge in [0, 0.05) is 6.42 Å². The lowest BCUT2D eigenvalue weighted by molar-refractivity contribution is 0.732. The van der Waals surface area contributed by atoms with Gasteiger partial charge in [-0.25, -0.2) is 0 Å². The fraction of sp³-hybridized carbons (Fsp3) is 0.300. The van der Waals surface area contributed by atoms with Crippen LogP contribution in [0.3, 0.4) is 0 Å². The molecule has 0 aliphatic carbocycles. The minimum Gasteiger partial charge on any atom is -0.297 e. The molecule has 0 amide bonds. The summed E-state index contributed by atoms with van der Waals surface area (Å²) in [4.78, 5) is 16.8. The molecular formula is C20H20N2O. The monoisotopic (exact) mass is 304 g/mol. The van der Waals surface area contributed by atoms with Crippen LogP contribution in [0.2, 0.25) is 0 Å². The summed E-state index contributed by atoms with van der Waals surface area (Å²) in [6, 6.07) is 12.7. The second kappa shape index (κ2) is 5.05. The first-order valence-electron chi connectivity index (χ1n) is 8.24. The van der Waals surface area contributed by atoms with Crippen molar-refractivity contribution in [3.63, 3.8) is 0 Å². The number of nitrogens with zero attached hydrogens (tertiary/aromatic N) is 2. The Morgan fingerprint density at radius 3 is 2.87 bits per heavy atom. The van der Waals surface area contributed by atoms with Gasteiger partial charge in [-0.05, 0) is 48.1 Å². The highest BCUT2D eigenvalue weighted by Crippen LogP contribution is 2.32. The third-order valence-corrected chi connectivity index (χ3v) is 5.07. The van der Waals surface area contributed by atoms with Crippen molar-refractivity contribution < 1.29 is 0 Å². The second-order valence-corrected chi connectivity index (χ2v) is 6.51. The molecule has 2 heterocycles. The number of hydrogen-bond acceptors (Lipinski definition) is 2. The van der Waals surface area contributed by atoms with Crippen molar-refractivity contribution in [3.05, 3.63) is 69.3 Å². The molecule has 0 bridgehead atoms. The SMILES string of the molecule is CCC(C)c1ccc2c(c1)Cc1nc(=O)c3c(C)cccc3n1-2. The molecule has 1 unspecified atom stereocenters. The highest BCUT2D eigenvalue weighted by Gasteiger charge is 2.23. The summed E-state index contributed by atoms with van der Waals surface area (Å²) >= 11 is 0. The van der Waals surface area contributed by atoms with Gasteiger partial charge < -0.3 is 0 Å². The minimum absolute atomic E-state index is 0.112. The van der Waals surface area contributed by atoms with E-state index in [1.165, 1.54) is 11.1 Å². The van der Waals surface area contributed by atoms with E-state index in [9.17, 15) is 4.79 Å². The first-order chi connectivity index (χ1) is 11.1. The van der Waals surface area contributed by atoms with Crippen LogP contribution >= 0.6 is 0 Å². The van der Waals surface area contributed by atoms with E-state index in [2.05, 4.69) is 41.6 Å². The van der Waals surface area contributed by atoms with Crippen molar-refractivity contribution in [3.8, 4) is 5.69 Å². The number of aromatic nitrogens is 2. The van der Waals surface area contributed by atoms with Crippen LogP contribution in [0.4, 0.5) is 0 Å². The molecule has 3 aromatic rings. The summed E-state index contributed by atoms with van der Waals surface area (Å²) in [6.45, 7) is 6.44. The van der Waals surface area contributed by atoms with E-state index in [-0.39, 0.29) is 5.56 Å². The number of hydrogen-bond donors (Lipinski definition) is 0. The maximum atomic E-state index is 12.4. The molecule has 0 saturated heterocycles. The molecule has 0 radical (unpaired) electrons. The van der Waals surface area contributed by atoms with Gasteiger partial charge in [-0.1, -0.05) is 38.1 Å². The molecule has 23 heavy (non-hydrogen) atoms. The van der Waals surface area contributed by atoms with E-state index < -0.39 is 0 Å². The van der Waals surface area contributed by atoms with Crippen LogP contribution in [0.25, 0.3) is 16.6 Å². The smallest absolute Gasteiger partial charge is 0.281 e. The molecule has 2 aromatic carbocycles. The zero-order chi connectivity index (χ0) is 16.1. The maximum absolute atomic E-state index is 12.4.